The summed E-state index contributed by atoms with van der Waals surface area (Å²) in [5.74, 6) is -2.27. The van der Waals surface area contributed by atoms with Crippen molar-refractivity contribution in [3.05, 3.63) is 24.3 Å². The molecule has 0 heterocycles. The summed E-state index contributed by atoms with van der Waals surface area (Å²) in [7, 11) is 8.95. The molecule has 0 aliphatic heterocycles. The summed E-state index contributed by atoms with van der Waals surface area (Å²) in [6.45, 7) is 17.6. The van der Waals surface area contributed by atoms with Gasteiger partial charge in [-0.3, -0.25) is 0 Å². The molecule has 0 aromatic carbocycles. The lowest BCUT2D eigenvalue weighted by molar-refractivity contribution is -0.858. The Kier molecular flexibility index (Phi) is 44.3. The van der Waals surface area contributed by atoms with E-state index < -0.39 is 11.9 Å². The minimum absolute atomic E-state index is 0.188. The summed E-state index contributed by atoms with van der Waals surface area (Å²) in [6.07, 6.45) is 25.7. The van der Waals surface area contributed by atoms with Crippen LogP contribution in [0.5, 0.6) is 0 Å². The van der Waals surface area contributed by atoms with Gasteiger partial charge < -0.3 is 29.6 Å². The number of quaternary nitrogens is 2. The molecule has 6 nitrogen and oxygen atoms in total. The van der Waals surface area contributed by atoms with Crippen LogP contribution in [-0.4, -0.2) is 53.2 Å². The largest absolute Gasteiger partial charge is 0.545 e. The van der Waals surface area contributed by atoms with Gasteiger partial charge in [0.1, 0.15) is 0 Å². The van der Waals surface area contributed by atoms with Gasteiger partial charge in [0.2, 0.25) is 0 Å². The van der Waals surface area contributed by atoms with Gasteiger partial charge in [-0.1, -0.05) is 131 Å². The first-order valence-corrected chi connectivity index (χ1v) is 17.3. The second kappa shape index (κ2) is 39.3. The van der Waals surface area contributed by atoms with Crippen molar-refractivity contribution in [1.29, 1.82) is 0 Å². The molecule has 6 heteroatoms. The topological polar surface area (TPSA) is 89.1 Å². The quantitative estimate of drug-likeness (QED) is 0.124. The van der Waals surface area contributed by atoms with Crippen LogP contribution in [0, 0.1) is 0 Å². The molecule has 0 atom stereocenters. The fourth-order valence-electron chi connectivity index (χ4n) is 4.03. The number of carboxylic acids is 2. The van der Waals surface area contributed by atoms with E-state index in [0.29, 0.717) is 12.8 Å². The van der Waals surface area contributed by atoms with Gasteiger partial charge in [0.25, 0.3) is 0 Å². The van der Waals surface area contributed by atoms with Gasteiger partial charge in [-0.2, -0.15) is 0 Å². The molecule has 0 aliphatic rings. The van der Waals surface area contributed by atoms with E-state index in [1.165, 1.54) is 116 Å². The molecule has 0 spiro atoms. The Labute approximate surface area is 263 Å². The molecular formula is C36H74N2O4. The summed E-state index contributed by atoms with van der Waals surface area (Å²) in [5.41, 5.74) is 0.375. The van der Waals surface area contributed by atoms with Crippen LogP contribution in [0.2, 0.25) is 0 Å². The summed E-state index contributed by atoms with van der Waals surface area (Å²) in [6, 6.07) is 0. The van der Waals surface area contributed by atoms with Gasteiger partial charge in [-0.25, -0.2) is 0 Å². The number of aliphatic carboxylic acids is 2. The van der Waals surface area contributed by atoms with Crippen LogP contribution >= 0.6 is 0 Å². The first-order valence-electron chi connectivity index (χ1n) is 17.3. The van der Waals surface area contributed by atoms with Gasteiger partial charge in [-0.15, -0.1) is 0 Å². The zero-order valence-corrected chi connectivity index (χ0v) is 29.6. The zero-order valence-electron chi connectivity index (χ0n) is 29.6. The third kappa shape index (κ3) is 51.1. The van der Waals surface area contributed by atoms with Crippen LogP contribution in [0.15, 0.2) is 24.3 Å². The Morgan fingerprint density at radius 3 is 0.857 bits per heavy atom. The van der Waals surface area contributed by atoms with Crippen LogP contribution in [0.3, 0.4) is 0 Å². The Hall–Kier alpha value is -1.66. The molecule has 0 saturated carbocycles. The average molecular weight is 599 g/mol. The minimum Gasteiger partial charge on any atom is -0.545 e. The third-order valence-electron chi connectivity index (χ3n) is 6.74. The van der Waals surface area contributed by atoms with Crippen LogP contribution < -0.4 is 20.0 Å². The van der Waals surface area contributed by atoms with E-state index in [2.05, 4.69) is 55.2 Å². The van der Waals surface area contributed by atoms with Crippen LogP contribution in [0.1, 0.15) is 156 Å². The fourth-order valence-corrected chi connectivity index (χ4v) is 4.03. The lowest BCUT2D eigenvalue weighted by Gasteiger charge is -2.06. The molecule has 0 unspecified atom stereocenters. The summed E-state index contributed by atoms with van der Waals surface area (Å²) in [4.78, 5) is 22.9. The first kappa shape index (κ1) is 47.3. The highest BCUT2D eigenvalue weighted by molar-refractivity contribution is 5.84. The van der Waals surface area contributed by atoms with Gasteiger partial charge >= 0.3 is 0 Å². The number of carboxylic acid groups (broad SMARTS) is 2. The maximum atomic E-state index is 9.88. The molecule has 42 heavy (non-hydrogen) atoms. The SMILES string of the molecule is C=C(CCC)C(=O)[O-].C=C(CCC)C(=O)[O-].CCCCCCCCCC[NH+](C)C.CCCCCCCCCC[NH+](C)C. The fraction of sp³-hybridized carbons (Fsp3) is 0.833. The lowest BCUT2D eigenvalue weighted by Crippen LogP contribution is -3.05. The highest BCUT2D eigenvalue weighted by Gasteiger charge is 1.95. The van der Waals surface area contributed by atoms with Crippen molar-refractivity contribution in [2.24, 2.45) is 0 Å². The Morgan fingerprint density at radius 1 is 0.452 bits per heavy atom. The van der Waals surface area contributed by atoms with E-state index in [1.807, 2.05) is 13.8 Å². The number of unbranched alkanes of at least 4 members (excludes halogenated alkanes) is 14. The van der Waals surface area contributed by atoms with E-state index in [4.69, 9.17) is 0 Å². The number of hydrogen-bond donors (Lipinski definition) is 2. The number of nitrogens with one attached hydrogen (secondary N) is 2. The van der Waals surface area contributed by atoms with Gasteiger partial charge in [0, 0.05) is 0 Å². The second-order valence-electron chi connectivity index (χ2n) is 12.1. The summed E-state index contributed by atoms with van der Waals surface area (Å²) in [5, 5.41) is 19.8. The standard InChI is InChI=1S/2C12H27N.2C6H10O2/c2*1-4-5-6-7-8-9-10-11-12-13(2)3;2*1-3-4-5(2)6(7)8/h2*4-12H2,1-3H3;2*2-4H2,1H3,(H,7,8). The Morgan fingerprint density at radius 2 is 0.690 bits per heavy atom. The van der Waals surface area contributed by atoms with E-state index in [-0.39, 0.29) is 11.1 Å². The highest BCUT2D eigenvalue weighted by Crippen LogP contribution is 2.08. The van der Waals surface area contributed by atoms with Crippen molar-refractivity contribution >= 4 is 11.9 Å². The van der Waals surface area contributed by atoms with Crippen molar-refractivity contribution in [2.45, 2.75) is 156 Å². The molecule has 0 rings (SSSR count). The van der Waals surface area contributed by atoms with Crippen molar-refractivity contribution in [3.8, 4) is 0 Å². The Bertz CT molecular complexity index is 551. The van der Waals surface area contributed by atoms with Crippen LogP contribution in [0.4, 0.5) is 0 Å². The maximum Gasteiger partial charge on any atom is 0.0766 e. The van der Waals surface area contributed by atoms with Gasteiger partial charge in [0.05, 0.1) is 53.2 Å². The normalized spacial score (nSPS) is 10.1. The predicted molar refractivity (Wildman–Crippen MR) is 179 cm³/mol. The average Bonchev–Trinajstić information content (AvgIpc) is 2.92. The third-order valence-corrected chi connectivity index (χ3v) is 6.74. The van der Waals surface area contributed by atoms with Crippen molar-refractivity contribution in [1.82, 2.24) is 0 Å². The molecule has 0 aliphatic carbocycles. The number of rotatable bonds is 24. The van der Waals surface area contributed by atoms with Crippen molar-refractivity contribution in [2.75, 3.05) is 41.3 Å². The molecule has 0 amide bonds. The second-order valence-corrected chi connectivity index (χ2v) is 12.1. The molecule has 0 fully saturated rings. The molecule has 0 aromatic rings. The molecule has 0 radical (unpaired) electrons. The molecule has 2 N–H and O–H groups in total. The van der Waals surface area contributed by atoms with Crippen molar-refractivity contribution < 1.29 is 29.6 Å². The number of carbonyl (C=O) groups excluding carboxylic acids is 2. The van der Waals surface area contributed by atoms with E-state index in [9.17, 15) is 19.8 Å². The molecule has 0 aromatic heterocycles. The monoisotopic (exact) mass is 599 g/mol. The Balaban J connectivity index is -0.000000235. The number of hydrogen-bond acceptors (Lipinski definition) is 4. The number of carbonyl (C=O) groups is 2. The molecule has 0 saturated heterocycles. The van der Waals surface area contributed by atoms with Gasteiger partial charge in [-0.05, 0) is 49.7 Å². The molecular weight excluding hydrogens is 524 g/mol. The minimum atomic E-state index is -1.13. The molecule has 0 bridgehead atoms. The predicted octanol–water partition coefficient (Wildman–Crippen LogP) is 4.73. The van der Waals surface area contributed by atoms with E-state index in [0.717, 1.165) is 12.8 Å². The smallest absolute Gasteiger partial charge is 0.0766 e. The first-order chi connectivity index (χ1) is 19.9. The van der Waals surface area contributed by atoms with Gasteiger partial charge in [0.15, 0.2) is 0 Å². The van der Waals surface area contributed by atoms with E-state index in [1.54, 1.807) is 9.80 Å². The summed E-state index contributed by atoms with van der Waals surface area (Å²) >= 11 is 0. The van der Waals surface area contributed by atoms with Crippen molar-refractivity contribution in [3.63, 3.8) is 0 Å². The van der Waals surface area contributed by atoms with Crippen LogP contribution in [0.25, 0.3) is 0 Å². The summed E-state index contributed by atoms with van der Waals surface area (Å²) < 4.78 is 0. The lowest BCUT2D eigenvalue weighted by atomic mass is 10.1. The highest BCUT2D eigenvalue weighted by atomic mass is 16.4. The zero-order chi connectivity index (χ0) is 33.0. The van der Waals surface area contributed by atoms with E-state index >= 15 is 0 Å². The maximum absolute atomic E-state index is 9.88. The van der Waals surface area contributed by atoms with Crippen LogP contribution in [-0.2, 0) is 9.59 Å². The molecule has 252 valence electrons.